The molecular formula is C14H18BrNO5. The molecule has 1 rings (SSSR count). The third-order valence-electron chi connectivity index (χ3n) is 2.89. The van der Waals surface area contributed by atoms with Gasteiger partial charge in [-0.25, -0.2) is 9.59 Å². The summed E-state index contributed by atoms with van der Waals surface area (Å²) in [5.41, 5.74) is 1.36. The number of anilines is 1. The molecule has 0 aromatic heterocycles. The van der Waals surface area contributed by atoms with Crippen molar-refractivity contribution in [3.8, 4) is 5.75 Å². The number of benzene rings is 1. The molecule has 0 aliphatic heterocycles. The minimum absolute atomic E-state index is 0.216. The van der Waals surface area contributed by atoms with Crippen LogP contribution >= 0.6 is 16.3 Å². The molecular weight excluding hydrogens is 342 g/mol. The second-order valence-corrected chi connectivity index (χ2v) is 4.44. The van der Waals surface area contributed by atoms with Gasteiger partial charge in [-0.3, -0.25) is 4.90 Å². The summed E-state index contributed by atoms with van der Waals surface area (Å²) in [5, 5.41) is 0. The molecule has 0 bridgehead atoms. The molecule has 0 spiro atoms. The molecule has 21 heavy (non-hydrogen) atoms. The van der Waals surface area contributed by atoms with Crippen molar-refractivity contribution in [3.63, 3.8) is 0 Å². The first-order chi connectivity index (χ1) is 10.0. The Balaban J connectivity index is 3.57. The number of ether oxygens (including phenoxy) is 2. The molecule has 116 valence electrons. The lowest BCUT2D eigenvalue weighted by molar-refractivity contribution is 0.0782. The second kappa shape index (κ2) is 7.87. The van der Waals surface area contributed by atoms with Gasteiger partial charge in [0.1, 0.15) is 11.4 Å². The quantitative estimate of drug-likeness (QED) is 0.805. The van der Waals surface area contributed by atoms with E-state index in [-0.39, 0.29) is 5.56 Å². The standard InChI is InChI=1S/C14H18BrNO5/c1-5-16(14(18)19-4)11-10(13(17)21-15)8-7-9(3)12(11)20-6-2/h7-8H,5-6H2,1-4H3. The highest BCUT2D eigenvalue weighted by atomic mass is 79.9. The van der Waals surface area contributed by atoms with Crippen molar-refractivity contribution in [1.82, 2.24) is 0 Å². The van der Waals surface area contributed by atoms with Crippen LogP contribution in [0.25, 0.3) is 0 Å². The zero-order chi connectivity index (χ0) is 16.0. The van der Waals surface area contributed by atoms with Gasteiger partial charge in [0, 0.05) is 6.54 Å². The van der Waals surface area contributed by atoms with Gasteiger partial charge in [0.2, 0.25) is 0 Å². The predicted molar refractivity (Wildman–Crippen MR) is 82.1 cm³/mol. The number of rotatable bonds is 5. The molecule has 0 heterocycles. The minimum Gasteiger partial charge on any atom is -0.491 e. The highest BCUT2D eigenvalue weighted by molar-refractivity contribution is 9.06. The molecule has 0 saturated heterocycles. The van der Waals surface area contributed by atoms with E-state index in [4.69, 9.17) is 9.47 Å². The average Bonchev–Trinajstić information content (AvgIpc) is 2.50. The van der Waals surface area contributed by atoms with Gasteiger partial charge in [-0.1, -0.05) is 6.07 Å². The number of hydrogen-bond acceptors (Lipinski definition) is 5. The highest BCUT2D eigenvalue weighted by Gasteiger charge is 2.27. The number of halogens is 1. The fraction of sp³-hybridized carbons (Fsp3) is 0.429. The van der Waals surface area contributed by atoms with Crippen LogP contribution in [0.15, 0.2) is 12.1 Å². The Morgan fingerprint density at radius 3 is 2.43 bits per heavy atom. The number of methoxy groups -OCH3 is 1. The molecule has 0 aliphatic rings. The largest absolute Gasteiger partial charge is 0.491 e. The predicted octanol–water partition coefficient (Wildman–Crippen LogP) is 3.45. The molecule has 1 aromatic carbocycles. The Labute approximate surface area is 132 Å². The van der Waals surface area contributed by atoms with E-state index in [2.05, 4.69) is 20.1 Å². The zero-order valence-electron chi connectivity index (χ0n) is 12.4. The Hall–Kier alpha value is -1.76. The van der Waals surface area contributed by atoms with Crippen molar-refractivity contribution in [2.45, 2.75) is 20.8 Å². The van der Waals surface area contributed by atoms with E-state index in [0.717, 1.165) is 5.56 Å². The third-order valence-corrected chi connectivity index (χ3v) is 3.18. The number of carbonyl (C=O) groups excluding carboxylic acids is 2. The Morgan fingerprint density at radius 1 is 1.29 bits per heavy atom. The maximum atomic E-state index is 12.0. The van der Waals surface area contributed by atoms with E-state index in [1.165, 1.54) is 12.0 Å². The number of carbonyl (C=O) groups is 2. The van der Waals surface area contributed by atoms with Gasteiger partial charge in [-0.2, -0.15) is 0 Å². The maximum Gasteiger partial charge on any atom is 0.414 e. The molecule has 0 radical (unpaired) electrons. The van der Waals surface area contributed by atoms with Crippen LogP contribution in [0.1, 0.15) is 29.8 Å². The Bertz CT molecular complexity index is 532. The lowest BCUT2D eigenvalue weighted by Gasteiger charge is -2.25. The van der Waals surface area contributed by atoms with Gasteiger partial charge in [0.15, 0.2) is 16.3 Å². The average molecular weight is 360 g/mol. The number of nitrogens with zero attached hydrogens (tertiary/aromatic N) is 1. The van der Waals surface area contributed by atoms with Crippen LogP contribution in [0.4, 0.5) is 10.5 Å². The summed E-state index contributed by atoms with van der Waals surface area (Å²) in [7, 11) is 1.28. The van der Waals surface area contributed by atoms with Crippen LogP contribution in [0.2, 0.25) is 0 Å². The summed E-state index contributed by atoms with van der Waals surface area (Å²) in [6, 6.07) is 3.32. The molecule has 1 amide bonds. The van der Waals surface area contributed by atoms with Gasteiger partial charge in [-0.05, 0) is 32.4 Å². The van der Waals surface area contributed by atoms with Crippen LogP contribution in [0.3, 0.4) is 0 Å². The SMILES string of the molecule is CCOc1c(C)ccc(C(=O)OBr)c1N(CC)C(=O)OC. The summed E-state index contributed by atoms with van der Waals surface area (Å²) in [6.45, 7) is 6.16. The van der Waals surface area contributed by atoms with E-state index < -0.39 is 12.1 Å². The van der Waals surface area contributed by atoms with Crippen LogP contribution < -0.4 is 9.64 Å². The smallest absolute Gasteiger partial charge is 0.414 e. The van der Waals surface area contributed by atoms with E-state index in [1.54, 1.807) is 19.1 Å². The molecule has 0 N–H and O–H groups in total. The molecule has 0 unspecified atom stereocenters. The first-order valence-corrected chi connectivity index (χ1v) is 7.11. The molecule has 0 saturated carbocycles. The van der Waals surface area contributed by atoms with E-state index in [0.29, 0.717) is 24.6 Å². The molecule has 0 atom stereocenters. The number of aryl methyl sites for hydroxylation is 1. The van der Waals surface area contributed by atoms with Crippen molar-refractivity contribution in [2.75, 3.05) is 25.2 Å². The summed E-state index contributed by atoms with van der Waals surface area (Å²) >= 11 is 2.67. The fourth-order valence-corrected chi connectivity index (χ4v) is 2.14. The molecule has 7 heteroatoms. The van der Waals surface area contributed by atoms with Gasteiger partial charge in [0.25, 0.3) is 0 Å². The van der Waals surface area contributed by atoms with Gasteiger partial charge in [0.05, 0.1) is 19.3 Å². The van der Waals surface area contributed by atoms with Crippen LogP contribution in [-0.4, -0.2) is 32.3 Å². The van der Waals surface area contributed by atoms with Crippen LogP contribution in [0, 0.1) is 6.92 Å². The molecule has 1 aromatic rings. The van der Waals surface area contributed by atoms with Gasteiger partial charge >= 0.3 is 12.1 Å². The minimum atomic E-state index is -0.617. The normalized spacial score (nSPS) is 9.95. The zero-order valence-corrected chi connectivity index (χ0v) is 14.0. The summed E-state index contributed by atoms with van der Waals surface area (Å²) in [5.74, 6) is -0.159. The van der Waals surface area contributed by atoms with Gasteiger partial charge < -0.3 is 13.3 Å². The van der Waals surface area contributed by atoms with Crippen molar-refractivity contribution >= 4 is 34.0 Å². The summed E-state index contributed by atoms with van der Waals surface area (Å²) in [4.78, 5) is 25.2. The maximum absolute atomic E-state index is 12.0. The van der Waals surface area contributed by atoms with E-state index in [1.807, 2.05) is 13.8 Å². The molecule has 6 nitrogen and oxygen atoms in total. The lowest BCUT2D eigenvalue weighted by atomic mass is 10.1. The summed E-state index contributed by atoms with van der Waals surface area (Å²) in [6.07, 6.45) is -0.576. The van der Waals surface area contributed by atoms with Crippen LogP contribution in [-0.2, 0) is 8.57 Å². The first-order valence-electron chi connectivity index (χ1n) is 6.46. The number of amides is 1. The van der Waals surface area contributed by atoms with Gasteiger partial charge in [-0.15, -0.1) is 0 Å². The van der Waals surface area contributed by atoms with Crippen molar-refractivity contribution in [3.05, 3.63) is 23.3 Å². The fourth-order valence-electron chi connectivity index (χ4n) is 1.96. The molecule has 0 aliphatic carbocycles. The van der Waals surface area contributed by atoms with Crippen molar-refractivity contribution < 1.29 is 22.9 Å². The monoisotopic (exact) mass is 359 g/mol. The molecule has 0 fully saturated rings. The van der Waals surface area contributed by atoms with Crippen molar-refractivity contribution in [2.24, 2.45) is 0 Å². The highest BCUT2D eigenvalue weighted by Crippen LogP contribution is 2.36. The Morgan fingerprint density at radius 2 is 1.95 bits per heavy atom. The van der Waals surface area contributed by atoms with E-state index in [9.17, 15) is 9.59 Å². The lowest BCUT2D eigenvalue weighted by Crippen LogP contribution is -2.32. The second-order valence-electron chi connectivity index (χ2n) is 4.12. The van der Waals surface area contributed by atoms with Crippen molar-refractivity contribution in [1.29, 1.82) is 0 Å². The topological polar surface area (TPSA) is 65.1 Å². The third kappa shape index (κ3) is 3.66. The first kappa shape index (κ1) is 17.3. The van der Waals surface area contributed by atoms with Crippen LogP contribution in [0.5, 0.6) is 5.75 Å². The number of hydrogen-bond donors (Lipinski definition) is 0. The van der Waals surface area contributed by atoms with E-state index >= 15 is 0 Å². The summed E-state index contributed by atoms with van der Waals surface area (Å²) < 4.78 is 15.0. The Kier molecular flexibility index (Phi) is 6.48.